The summed E-state index contributed by atoms with van der Waals surface area (Å²) in [5.41, 5.74) is 0. The van der Waals surface area contributed by atoms with Crippen LogP contribution in [0.4, 0.5) is 0 Å². The van der Waals surface area contributed by atoms with Gasteiger partial charge in [0.2, 0.25) is 0 Å². The fraction of sp³-hybridized carbons (Fsp3) is 1.00. The number of ether oxygens (including phenoxy) is 1. The Kier molecular flexibility index (Phi) is 24.7. The van der Waals surface area contributed by atoms with E-state index in [1.54, 1.807) is 0 Å². The molecule has 222 valence electrons. The minimum absolute atomic E-state index is 0.522. The molecule has 1 aliphatic heterocycles. The molecule has 0 amide bonds. The van der Waals surface area contributed by atoms with Gasteiger partial charge in [-0.15, -0.1) is 0 Å². The zero-order chi connectivity index (χ0) is 26.8. The second-order valence-corrected chi connectivity index (χ2v) is 12.6. The van der Waals surface area contributed by atoms with Gasteiger partial charge in [0.1, 0.15) is 0 Å². The quantitative estimate of drug-likeness (QED) is 0.0996. The lowest BCUT2D eigenvalue weighted by Gasteiger charge is -2.34. The molecule has 1 aliphatic rings. The van der Waals surface area contributed by atoms with Crippen LogP contribution >= 0.6 is 0 Å². The van der Waals surface area contributed by atoms with Crippen LogP contribution in [0.3, 0.4) is 0 Å². The summed E-state index contributed by atoms with van der Waals surface area (Å²) in [5.74, 6) is 1.83. The molecule has 0 aromatic carbocycles. The molecular weight excluding hydrogens is 450 g/mol. The predicted molar refractivity (Wildman–Crippen MR) is 167 cm³/mol. The van der Waals surface area contributed by atoms with Crippen molar-refractivity contribution in [3.05, 3.63) is 0 Å². The minimum Gasteiger partial charge on any atom is -0.378 e. The van der Waals surface area contributed by atoms with Gasteiger partial charge in [-0.1, -0.05) is 150 Å². The van der Waals surface area contributed by atoms with E-state index in [0.717, 1.165) is 18.4 Å². The summed E-state index contributed by atoms with van der Waals surface area (Å²) in [7, 11) is 0. The van der Waals surface area contributed by atoms with Crippen molar-refractivity contribution in [1.82, 2.24) is 4.90 Å². The molecule has 0 bridgehead atoms. The average molecular weight is 522 g/mol. The molecule has 1 fully saturated rings. The largest absolute Gasteiger partial charge is 0.378 e. The van der Waals surface area contributed by atoms with Gasteiger partial charge in [0, 0.05) is 26.2 Å². The normalized spacial score (nSPS) is 16.1. The third kappa shape index (κ3) is 20.5. The SMILES string of the molecule is CCCCCCCC(CCCCCC)CN1CCC(OCCC(CCCCCC)CCCCCC)CC1. The van der Waals surface area contributed by atoms with E-state index in [-0.39, 0.29) is 0 Å². The number of nitrogens with zero attached hydrogens (tertiary/aromatic N) is 1. The van der Waals surface area contributed by atoms with Gasteiger partial charge >= 0.3 is 0 Å². The van der Waals surface area contributed by atoms with E-state index in [1.807, 2.05) is 0 Å². The average Bonchev–Trinajstić information content (AvgIpc) is 2.91. The Morgan fingerprint density at radius 2 is 0.919 bits per heavy atom. The summed E-state index contributed by atoms with van der Waals surface area (Å²) < 4.78 is 6.49. The number of hydrogen-bond donors (Lipinski definition) is 0. The van der Waals surface area contributed by atoms with E-state index < -0.39 is 0 Å². The number of rotatable bonds is 27. The van der Waals surface area contributed by atoms with Gasteiger partial charge in [0.25, 0.3) is 0 Å². The fourth-order valence-corrected chi connectivity index (χ4v) is 6.40. The first-order valence-electron chi connectivity index (χ1n) is 17.6. The molecule has 1 rings (SSSR count). The molecule has 2 heteroatoms. The van der Waals surface area contributed by atoms with Crippen molar-refractivity contribution >= 4 is 0 Å². The lowest BCUT2D eigenvalue weighted by atomic mass is 9.92. The second-order valence-electron chi connectivity index (χ2n) is 12.6. The van der Waals surface area contributed by atoms with Gasteiger partial charge in [-0.3, -0.25) is 0 Å². The molecule has 0 N–H and O–H groups in total. The molecule has 2 nitrogen and oxygen atoms in total. The molecule has 0 aromatic heterocycles. The zero-order valence-electron chi connectivity index (χ0n) is 26.4. The van der Waals surface area contributed by atoms with Crippen molar-refractivity contribution in [3.63, 3.8) is 0 Å². The van der Waals surface area contributed by atoms with Gasteiger partial charge in [-0.2, -0.15) is 0 Å². The molecule has 1 atom stereocenters. The van der Waals surface area contributed by atoms with Gasteiger partial charge in [-0.05, 0) is 43.9 Å². The molecule has 1 saturated heterocycles. The Bertz CT molecular complexity index is 433. The van der Waals surface area contributed by atoms with E-state index in [2.05, 4.69) is 32.6 Å². The standard InChI is InChI=1S/C35H71NO/c1-5-9-13-17-21-25-34(24-20-16-12-8-4)32-36-29-26-35(27-30-36)37-31-28-33(22-18-14-10-6-2)23-19-15-11-7-3/h33-35H,5-32H2,1-4H3. The summed E-state index contributed by atoms with van der Waals surface area (Å²) in [6, 6.07) is 0. The van der Waals surface area contributed by atoms with Crippen LogP contribution in [-0.4, -0.2) is 37.2 Å². The summed E-state index contributed by atoms with van der Waals surface area (Å²) in [6.45, 7) is 14.2. The molecule has 1 heterocycles. The molecular formula is C35H71NO. The minimum atomic E-state index is 0.522. The lowest BCUT2D eigenvalue weighted by Crippen LogP contribution is -2.39. The Hall–Kier alpha value is -0.0800. The highest BCUT2D eigenvalue weighted by molar-refractivity contribution is 4.76. The van der Waals surface area contributed by atoms with Crippen LogP contribution in [0.5, 0.6) is 0 Å². The van der Waals surface area contributed by atoms with E-state index in [1.165, 1.54) is 174 Å². The summed E-state index contributed by atoms with van der Waals surface area (Å²) >= 11 is 0. The van der Waals surface area contributed by atoms with E-state index >= 15 is 0 Å². The number of likely N-dealkylation sites (tertiary alicyclic amines) is 1. The maximum absolute atomic E-state index is 6.49. The Morgan fingerprint density at radius 1 is 0.514 bits per heavy atom. The number of hydrogen-bond acceptors (Lipinski definition) is 2. The maximum atomic E-state index is 6.49. The van der Waals surface area contributed by atoms with Crippen LogP contribution < -0.4 is 0 Å². The summed E-state index contributed by atoms with van der Waals surface area (Å²) in [6.07, 6.45) is 34.2. The molecule has 0 saturated carbocycles. The first kappa shape index (κ1) is 34.9. The smallest absolute Gasteiger partial charge is 0.0599 e. The zero-order valence-corrected chi connectivity index (χ0v) is 26.4. The first-order chi connectivity index (χ1) is 18.2. The molecule has 0 aromatic rings. The Morgan fingerprint density at radius 3 is 1.38 bits per heavy atom. The van der Waals surface area contributed by atoms with Crippen LogP contribution in [0, 0.1) is 11.8 Å². The van der Waals surface area contributed by atoms with Crippen LogP contribution in [0.15, 0.2) is 0 Å². The Labute approximate surface area is 235 Å². The predicted octanol–water partition coefficient (Wildman–Crippen LogP) is 11.4. The van der Waals surface area contributed by atoms with E-state index in [9.17, 15) is 0 Å². The summed E-state index contributed by atoms with van der Waals surface area (Å²) in [4.78, 5) is 2.79. The fourth-order valence-electron chi connectivity index (χ4n) is 6.40. The van der Waals surface area contributed by atoms with Gasteiger partial charge in [0.05, 0.1) is 6.10 Å². The first-order valence-corrected chi connectivity index (χ1v) is 17.6. The van der Waals surface area contributed by atoms with Crippen molar-refractivity contribution < 1.29 is 4.74 Å². The van der Waals surface area contributed by atoms with Crippen LogP contribution in [0.2, 0.25) is 0 Å². The van der Waals surface area contributed by atoms with E-state index in [0.29, 0.717) is 6.10 Å². The van der Waals surface area contributed by atoms with Crippen molar-refractivity contribution in [2.75, 3.05) is 26.2 Å². The van der Waals surface area contributed by atoms with Crippen molar-refractivity contribution in [2.24, 2.45) is 11.8 Å². The molecule has 1 unspecified atom stereocenters. The van der Waals surface area contributed by atoms with E-state index in [4.69, 9.17) is 4.74 Å². The number of piperidine rings is 1. The van der Waals surface area contributed by atoms with Gasteiger partial charge < -0.3 is 9.64 Å². The summed E-state index contributed by atoms with van der Waals surface area (Å²) in [5, 5.41) is 0. The van der Waals surface area contributed by atoms with Crippen molar-refractivity contribution in [2.45, 2.75) is 188 Å². The van der Waals surface area contributed by atoms with Crippen LogP contribution in [0.1, 0.15) is 182 Å². The Balaban J connectivity index is 2.31. The number of unbranched alkanes of at least 4 members (excludes halogenated alkanes) is 13. The van der Waals surface area contributed by atoms with Crippen LogP contribution in [0.25, 0.3) is 0 Å². The molecule has 0 aliphatic carbocycles. The third-order valence-corrected chi connectivity index (χ3v) is 9.04. The lowest BCUT2D eigenvalue weighted by molar-refractivity contribution is -0.00216. The van der Waals surface area contributed by atoms with Gasteiger partial charge in [-0.25, -0.2) is 0 Å². The van der Waals surface area contributed by atoms with Crippen molar-refractivity contribution in [3.8, 4) is 0 Å². The molecule has 0 radical (unpaired) electrons. The highest BCUT2D eigenvalue weighted by Gasteiger charge is 2.22. The highest BCUT2D eigenvalue weighted by atomic mass is 16.5. The van der Waals surface area contributed by atoms with Crippen molar-refractivity contribution in [1.29, 1.82) is 0 Å². The second kappa shape index (κ2) is 26.2. The molecule has 0 spiro atoms. The van der Waals surface area contributed by atoms with Crippen LogP contribution in [-0.2, 0) is 4.74 Å². The molecule has 37 heavy (non-hydrogen) atoms. The van der Waals surface area contributed by atoms with Gasteiger partial charge in [0.15, 0.2) is 0 Å². The third-order valence-electron chi connectivity index (χ3n) is 9.04. The monoisotopic (exact) mass is 522 g/mol. The topological polar surface area (TPSA) is 12.5 Å². The highest BCUT2D eigenvalue weighted by Crippen LogP contribution is 2.25. The maximum Gasteiger partial charge on any atom is 0.0599 e.